The molecule has 0 bridgehead atoms. The van der Waals surface area contributed by atoms with E-state index in [4.69, 9.17) is 4.84 Å². The number of benzene rings is 1. The maximum Gasteiger partial charge on any atom is 0.273 e. The first-order valence-corrected chi connectivity index (χ1v) is 7.05. The van der Waals surface area contributed by atoms with E-state index in [2.05, 4.69) is 18.7 Å². The van der Waals surface area contributed by atoms with Gasteiger partial charge in [0, 0.05) is 23.5 Å². The fourth-order valence-corrected chi connectivity index (χ4v) is 3.09. The Bertz CT molecular complexity index is 433. The molecule has 0 saturated carbocycles. The van der Waals surface area contributed by atoms with E-state index in [-0.39, 0.29) is 11.9 Å². The van der Waals surface area contributed by atoms with Crippen LogP contribution in [0.1, 0.15) is 12.0 Å². The Morgan fingerprint density at radius 3 is 2.83 bits per heavy atom. The van der Waals surface area contributed by atoms with Crippen molar-refractivity contribution in [2.45, 2.75) is 18.2 Å². The summed E-state index contributed by atoms with van der Waals surface area (Å²) < 4.78 is 0. The monoisotopic (exact) mass is 263 g/mol. The fourth-order valence-electron chi connectivity index (χ4n) is 2.02. The van der Waals surface area contributed by atoms with Crippen molar-refractivity contribution in [2.75, 3.05) is 12.9 Å². The molecule has 0 aliphatic carbocycles. The molecule has 1 saturated heterocycles. The Hall–Kier alpha value is -1.26. The number of hydroxylamine groups is 2. The molecule has 1 aliphatic rings. The van der Waals surface area contributed by atoms with E-state index in [9.17, 15) is 4.79 Å². The largest absolute Gasteiger partial charge is 0.274 e. The number of nitrogens with zero attached hydrogens (tertiary/aromatic N) is 1. The zero-order valence-corrected chi connectivity index (χ0v) is 11.3. The molecule has 96 valence electrons. The molecule has 4 heteroatoms. The summed E-state index contributed by atoms with van der Waals surface area (Å²) >= 11 is 1.81. The highest BCUT2D eigenvalue weighted by Gasteiger charge is 2.34. The van der Waals surface area contributed by atoms with Crippen molar-refractivity contribution >= 4 is 17.7 Å². The predicted octanol–water partition coefficient (Wildman–Crippen LogP) is 2.64. The summed E-state index contributed by atoms with van der Waals surface area (Å²) in [6.07, 6.45) is 0.703. The Kier molecular flexibility index (Phi) is 4.44. The smallest absolute Gasteiger partial charge is 0.273 e. The lowest BCUT2D eigenvalue weighted by Crippen LogP contribution is -2.33. The van der Waals surface area contributed by atoms with Crippen LogP contribution >= 0.6 is 11.8 Å². The van der Waals surface area contributed by atoms with Gasteiger partial charge in [0.25, 0.3) is 5.91 Å². The molecule has 2 rings (SSSR count). The van der Waals surface area contributed by atoms with Crippen LogP contribution in [0.15, 0.2) is 42.5 Å². The van der Waals surface area contributed by atoms with Crippen LogP contribution in [0.3, 0.4) is 0 Å². The molecule has 18 heavy (non-hydrogen) atoms. The van der Waals surface area contributed by atoms with Crippen LogP contribution in [-0.2, 0) is 15.4 Å². The van der Waals surface area contributed by atoms with E-state index in [1.165, 1.54) is 17.7 Å². The van der Waals surface area contributed by atoms with E-state index in [0.717, 1.165) is 11.5 Å². The summed E-state index contributed by atoms with van der Waals surface area (Å²) in [5, 5.41) is 1.44. The van der Waals surface area contributed by atoms with Gasteiger partial charge in [0.2, 0.25) is 0 Å². The summed E-state index contributed by atoms with van der Waals surface area (Å²) in [6.45, 7) is 3.77. The Morgan fingerprint density at radius 1 is 1.44 bits per heavy atom. The van der Waals surface area contributed by atoms with Crippen molar-refractivity contribution < 1.29 is 9.63 Å². The van der Waals surface area contributed by atoms with Gasteiger partial charge in [-0.3, -0.25) is 9.63 Å². The van der Waals surface area contributed by atoms with Crippen LogP contribution in [0.25, 0.3) is 0 Å². The molecule has 0 radical (unpaired) electrons. The second kappa shape index (κ2) is 6.07. The first-order valence-electron chi connectivity index (χ1n) is 5.89. The molecule has 1 heterocycles. The van der Waals surface area contributed by atoms with Gasteiger partial charge in [0.1, 0.15) is 0 Å². The predicted molar refractivity (Wildman–Crippen MR) is 74.0 cm³/mol. The number of hydrogen-bond acceptors (Lipinski definition) is 3. The van der Waals surface area contributed by atoms with E-state index in [1.807, 2.05) is 30.0 Å². The lowest BCUT2D eigenvalue weighted by Gasteiger charge is -2.20. The summed E-state index contributed by atoms with van der Waals surface area (Å²) in [7, 11) is 1.53. The standard InChI is InChI=1S/C14H17NO2S/c1-11-8-13(15(17-2)14(11)16)10-18-9-12-6-4-3-5-7-12/h3-7,13H,1,8-10H2,2H3. The number of hydrogen-bond donors (Lipinski definition) is 0. The van der Waals surface area contributed by atoms with Gasteiger partial charge >= 0.3 is 0 Å². The maximum atomic E-state index is 11.7. The topological polar surface area (TPSA) is 29.5 Å². The minimum Gasteiger partial charge on any atom is -0.274 e. The van der Waals surface area contributed by atoms with E-state index < -0.39 is 0 Å². The molecule has 1 amide bonds. The van der Waals surface area contributed by atoms with Gasteiger partial charge in [-0.25, -0.2) is 5.06 Å². The molecule has 1 aromatic rings. The maximum absolute atomic E-state index is 11.7. The molecular formula is C14H17NO2S. The second-order valence-corrected chi connectivity index (χ2v) is 5.31. The summed E-state index contributed by atoms with van der Waals surface area (Å²) in [4.78, 5) is 16.8. The van der Waals surface area contributed by atoms with Gasteiger partial charge < -0.3 is 0 Å². The SMILES string of the molecule is C=C1CC(CSCc2ccccc2)N(OC)C1=O. The Labute approximate surface area is 112 Å². The van der Waals surface area contributed by atoms with E-state index >= 15 is 0 Å². The van der Waals surface area contributed by atoms with Gasteiger partial charge in [-0.2, -0.15) is 11.8 Å². The van der Waals surface area contributed by atoms with Crippen LogP contribution < -0.4 is 0 Å². The lowest BCUT2D eigenvalue weighted by atomic mass is 10.2. The highest BCUT2D eigenvalue weighted by molar-refractivity contribution is 7.98. The quantitative estimate of drug-likeness (QED) is 0.765. The van der Waals surface area contributed by atoms with Gasteiger partial charge in [-0.05, 0) is 5.56 Å². The van der Waals surface area contributed by atoms with E-state index in [0.29, 0.717) is 12.0 Å². The van der Waals surface area contributed by atoms with Crippen LogP contribution in [-0.4, -0.2) is 29.9 Å². The molecule has 0 N–H and O–H groups in total. The molecule has 1 fully saturated rings. The third kappa shape index (κ3) is 2.94. The van der Waals surface area contributed by atoms with Crippen LogP contribution in [0.4, 0.5) is 0 Å². The lowest BCUT2D eigenvalue weighted by molar-refractivity contribution is -0.173. The molecule has 1 unspecified atom stereocenters. The van der Waals surface area contributed by atoms with E-state index in [1.54, 1.807) is 0 Å². The number of amides is 1. The number of carbonyl (C=O) groups is 1. The minimum atomic E-state index is -0.0807. The highest BCUT2D eigenvalue weighted by Crippen LogP contribution is 2.26. The van der Waals surface area contributed by atoms with Crippen molar-refractivity contribution in [2.24, 2.45) is 0 Å². The molecule has 1 aromatic carbocycles. The number of rotatable bonds is 5. The van der Waals surface area contributed by atoms with Gasteiger partial charge in [0.05, 0.1) is 13.2 Å². The molecule has 3 nitrogen and oxygen atoms in total. The highest BCUT2D eigenvalue weighted by atomic mass is 32.2. The van der Waals surface area contributed by atoms with Crippen molar-refractivity contribution in [3.63, 3.8) is 0 Å². The summed E-state index contributed by atoms with van der Waals surface area (Å²) in [6, 6.07) is 10.4. The van der Waals surface area contributed by atoms with Crippen molar-refractivity contribution in [3.8, 4) is 0 Å². The average Bonchev–Trinajstić information content (AvgIpc) is 2.66. The zero-order chi connectivity index (χ0) is 13.0. The first kappa shape index (κ1) is 13.2. The zero-order valence-electron chi connectivity index (χ0n) is 10.5. The second-order valence-electron chi connectivity index (χ2n) is 4.28. The number of carbonyl (C=O) groups excluding carboxylic acids is 1. The Balaban J connectivity index is 1.84. The first-order chi connectivity index (χ1) is 8.72. The van der Waals surface area contributed by atoms with Crippen molar-refractivity contribution in [3.05, 3.63) is 48.0 Å². The molecule has 1 aliphatic heterocycles. The molecular weight excluding hydrogens is 246 g/mol. The van der Waals surface area contributed by atoms with Gasteiger partial charge in [0.15, 0.2) is 0 Å². The summed E-state index contributed by atoms with van der Waals surface area (Å²) in [5.74, 6) is 1.74. The molecule has 1 atom stereocenters. The van der Waals surface area contributed by atoms with Gasteiger partial charge in [-0.1, -0.05) is 36.9 Å². The average molecular weight is 263 g/mol. The van der Waals surface area contributed by atoms with Gasteiger partial charge in [-0.15, -0.1) is 0 Å². The normalized spacial score (nSPS) is 19.6. The number of thioether (sulfide) groups is 1. The molecule has 0 spiro atoms. The third-order valence-electron chi connectivity index (χ3n) is 2.93. The fraction of sp³-hybridized carbons (Fsp3) is 0.357. The van der Waals surface area contributed by atoms with Crippen LogP contribution in [0.5, 0.6) is 0 Å². The van der Waals surface area contributed by atoms with Crippen molar-refractivity contribution in [1.29, 1.82) is 0 Å². The molecule has 0 aromatic heterocycles. The Morgan fingerprint density at radius 2 is 2.17 bits per heavy atom. The van der Waals surface area contributed by atoms with Crippen LogP contribution in [0.2, 0.25) is 0 Å². The summed E-state index contributed by atoms with van der Waals surface area (Å²) in [5.41, 5.74) is 1.94. The van der Waals surface area contributed by atoms with Crippen molar-refractivity contribution in [1.82, 2.24) is 5.06 Å². The van der Waals surface area contributed by atoms with Crippen LogP contribution in [0, 0.1) is 0 Å². The third-order valence-corrected chi connectivity index (χ3v) is 4.09. The minimum absolute atomic E-state index is 0.0807.